The third kappa shape index (κ3) is 4.30. The SMILES string of the molecule is CC(=O)N1CCC(CN=C(N)N2CCSCC2)CC1. The molecule has 2 heterocycles. The summed E-state index contributed by atoms with van der Waals surface area (Å²) in [6, 6.07) is 0. The van der Waals surface area contributed by atoms with Gasteiger partial charge in [-0.1, -0.05) is 0 Å². The van der Waals surface area contributed by atoms with Gasteiger partial charge in [0, 0.05) is 51.2 Å². The Balaban J connectivity index is 1.74. The topological polar surface area (TPSA) is 61.9 Å². The second kappa shape index (κ2) is 7.03. The lowest BCUT2D eigenvalue weighted by atomic mass is 9.97. The Hall–Kier alpha value is -0.910. The highest BCUT2D eigenvalue weighted by Gasteiger charge is 2.20. The lowest BCUT2D eigenvalue weighted by Crippen LogP contribution is -2.43. The number of nitrogens with two attached hydrogens (primary N) is 1. The first-order valence-corrected chi connectivity index (χ1v) is 8.20. The summed E-state index contributed by atoms with van der Waals surface area (Å²) in [5.41, 5.74) is 6.04. The maximum absolute atomic E-state index is 11.2. The number of hydrogen-bond acceptors (Lipinski definition) is 3. The normalized spacial score (nSPS) is 22.7. The largest absolute Gasteiger partial charge is 0.370 e. The Morgan fingerprint density at radius 2 is 1.84 bits per heavy atom. The zero-order chi connectivity index (χ0) is 13.7. The van der Waals surface area contributed by atoms with Crippen LogP contribution in [0.3, 0.4) is 0 Å². The molecule has 5 nitrogen and oxygen atoms in total. The predicted molar refractivity (Wildman–Crippen MR) is 80.4 cm³/mol. The van der Waals surface area contributed by atoms with Crippen molar-refractivity contribution in [3.05, 3.63) is 0 Å². The van der Waals surface area contributed by atoms with Gasteiger partial charge in [0.05, 0.1) is 0 Å². The van der Waals surface area contributed by atoms with E-state index in [4.69, 9.17) is 5.73 Å². The van der Waals surface area contributed by atoms with E-state index in [0.717, 1.165) is 57.1 Å². The molecule has 2 aliphatic rings. The highest BCUT2D eigenvalue weighted by Crippen LogP contribution is 2.17. The monoisotopic (exact) mass is 284 g/mol. The van der Waals surface area contributed by atoms with Gasteiger partial charge in [-0.15, -0.1) is 0 Å². The number of carbonyl (C=O) groups is 1. The van der Waals surface area contributed by atoms with Crippen molar-refractivity contribution in [2.24, 2.45) is 16.6 Å². The molecular formula is C13H24N4OS. The molecule has 2 aliphatic heterocycles. The van der Waals surface area contributed by atoms with Crippen molar-refractivity contribution in [2.45, 2.75) is 19.8 Å². The zero-order valence-electron chi connectivity index (χ0n) is 11.7. The minimum absolute atomic E-state index is 0.187. The van der Waals surface area contributed by atoms with Crippen LogP contribution in [0.25, 0.3) is 0 Å². The number of amides is 1. The first-order valence-electron chi connectivity index (χ1n) is 7.05. The maximum Gasteiger partial charge on any atom is 0.219 e. The molecule has 0 bridgehead atoms. The van der Waals surface area contributed by atoms with Crippen LogP contribution in [0.1, 0.15) is 19.8 Å². The fourth-order valence-electron chi connectivity index (χ4n) is 2.55. The number of rotatable bonds is 2. The summed E-state index contributed by atoms with van der Waals surface area (Å²) in [5, 5.41) is 0. The molecular weight excluding hydrogens is 260 g/mol. The number of hydrogen-bond donors (Lipinski definition) is 1. The molecule has 0 aromatic rings. The smallest absolute Gasteiger partial charge is 0.219 e. The third-order valence-electron chi connectivity index (χ3n) is 3.91. The number of nitrogens with zero attached hydrogens (tertiary/aromatic N) is 3. The number of aliphatic imine (C=N–C) groups is 1. The van der Waals surface area contributed by atoms with Crippen molar-refractivity contribution in [2.75, 3.05) is 44.2 Å². The van der Waals surface area contributed by atoms with Gasteiger partial charge in [-0.2, -0.15) is 11.8 Å². The van der Waals surface area contributed by atoms with E-state index in [-0.39, 0.29) is 5.91 Å². The maximum atomic E-state index is 11.2. The number of guanidine groups is 1. The molecule has 0 aromatic carbocycles. The van der Waals surface area contributed by atoms with Crippen molar-refractivity contribution in [1.29, 1.82) is 0 Å². The fourth-order valence-corrected chi connectivity index (χ4v) is 3.45. The van der Waals surface area contributed by atoms with E-state index in [2.05, 4.69) is 9.89 Å². The van der Waals surface area contributed by atoms with Gasteiger partial charge in [-0.05, 0) is 18.8 Å². The summed E-state index contributed by atoms with van der Waals surface area (Å²) in [7, 11) is 0. The van der Waals surface area contributed by atoms with Crippen LogP contribution in [-0.4, -0.2) is 65.9 Å². The third-order valence-corrected chi connectivity index (χ3v) is 4.85. The molecule has 0 spiro atoms. The lowest BCUT2D eigenvalue weighted by molar-refractivity contribution is -0.130. The van der Waals surface area contributed by atoms with Crippen LogP contribution in [0.2, 0.25) is 0 Å². The van der Waals surface area contributed by atoms with Crippen LogP contribution in [0.15, 0.2) is 4.99 Å². The van der Waals surface area contributed by atoms with Gasteiger partial charge in [0.25, 0.3) is 0 Å². The van der Waals surface area contributed by atoms with Crippen molar-refractivity contribution in [3.63, 3.8) is 0 Å². The van der Waals surface area contributed by atoms with E-state index in [1.807, 2.05) is 16.7 Å². The molecule has 6 heteroatoms. The van der Waals surface area contributed by atoms with Crippen LogP contribution >= 0.6 is 11.8 Å². The summed E-state index contributed by atoms with van der Waals surface area (Å²) in [4.78, 5) is 19.9. The Labute approximate surface area is 119 Å². The van der Waals surface area contributed by atoms with Gasteiger partial charge in [0.2, 0.25) is 5.91 Å². The van der Waals surface area contributed by atoms with Gasteiger partial charge >= 0.3 is 0 Å². The van der Waals surface area contributed by atoms with E-state index in [0.29, 0.717) is 11.9 Å². The quantitative estimate of drug-likeness (QED) is 0.596. The van der Waals surface area contributed by atoms with E-state index >= 15 is 0 Å². The summed E-state index contributed by atoms with van der Waals surface area (Å²) in [5.74, 6) is 3.76. The van der Waals surface area contributed by atoms with Crippen molar-refractivity contribution < 1.29 is 4.79 Å². The molecule has 2 fully saturated rings. The van der Waals surface area contributed by atoms with E-state index in [1.165, 1.54) is 0 Å². The second-order valence-electron chi connectivity index (χ2n) is 5.25. The van der Waals surface area contributed by atoms with Crippen LogP contribution in [-0.2, 0) is 4.79 Å². The van der Waals surface area contributed by atoms with Gasteiger partial charge in [0.1, 0.15) is 0 Å². The van der Waals surface area contributed by atoms with Crippen molar-refractivity contribution in [3.8, 4) is 0 Å². The van der Waals surface area contributed by atoms with Crippen molar-refractivity contribution in [1.82, 2.24) is 9.80 Å². The number of thioether (sulfide) groups is 1. The molecule has 0 aromatic heterocycles. The summed E-state index contributed by atoms with van der Waals surface area (Å²) >= 11 is 1.98. The van der Waals surface area contributed by atoms with E-state index < -0.39 is 0 Å². The van der Waals surface area contributed by atoms with E-state index in [9.17, 15) is 4.79 Å². The molecule has 1 amide bonds. The van der Waals surface area contributed by atoms with Gasteiger partial charge in [-0.25, -0.2) is 0 Å². The summed E-state index contributed by atoms with van der Waals surface area (Å²) < 4.78 is 0. The molecule has 0 unspecified atom stereocenters. The molecule has 0 radical (unpaired) electrons. The number of likely N-dealkylation sites (tertiary alicyclic amines) is 1. The van der Waals surface area contributed by atoms with Crippen molar-refractivity contribution >= 4 is 23.6 Å². The minimum Gasteiger partial charge on any atom is -0.370 e. The number of piperidine rings is 1. The predicted octanol–water partition coefficient (Wildman–Crippen LogP) is 0.608. The standard InChI is InChI=1S/C13H24N4OS/c1-11(18)16-4-2-12(3-5-16)10-15-13(14)17-6-8-19-9-7-17/h12H,2-10H2,1H3,(H2,14,15). The van der Waals surface area contributed by atoms with Gasteiger partial charge in [-0.3, -0.25) is 9.79 Å². The Morgan fingerprint density at radius 3 is 2.42 bits per heavy atom. The average Bonchev–Trinajstić information content (AvgIpc) is 2.46. The fraction of sp³-hybridized carbons (Fsp3) is 0.846. The van der Waals surface area contributed by atoms with Crippen LogP contribution in [0.5, 0.6) is 0 Å². The minimum atomic E-state index is 0.187. The van der Waals surface area contributed by atoms with Crippen LogP contribution in [0, 0.1) is 5.92 Å². The highest BCUT2D eigenvalue weighted by atomic mass is 32.2. The molecule has 2 rings (SSSR count). The average molecular weight is 284 g/mol. The molecule has 2 saturated heterocycles. The number of carbonyl (C=O) groups excluding carboxylic acids is 1. The summed E-state index contributed by atoms with van der Waals surface area (Å²) in [6.45, 7) is 6.23. The molecule has 108 valence electrons. The lowest BCUT2D eigenvalue weighted by Gasteiger charge is -2.31. The molecule has 0 atom stereocenters. The Kier molecular flexibility index (Phi) is 5.36. The van der Waals surface area contributed by atoms with Gasteiger partial charge < -0.3 is 15.5 Å². The highest BCUT2D eigenvalue weighted by molar-refractivity contribution is 7.99. The molecule has 19 heavy (non-hydrogen) atoms. The Morgan fingerprint density at radius 1 is 1.21 bits per heavy atom. The first kappa shape index (κ1) is 14.5. The van der Waals surface area contributed by atoms with Crippen LogP contribution < -0.4 is 5.73 Å². The molecule has 0 saturated carbocycles. The molecule has 2 N–H and O–H groups in total. The zero-order valence-corrected chi connectivity index (χ0v) is 12.5. The first-order chi connectivity index (χ1) is 9.16. The van der Waals surface area contributed by atoms with Gasteiger partial charge in [0.15, 0.2) is 5.96 Å². The van der Waals surface area contributed by atoms with E-state index in [1.54, 1.807) is 6.92 Å². The van der Waals surface area contributed by atoms with Crippen LogP contribution in [0.4, 0.5) is 0 Å². The summed E-state index contributed by atoms with van der Waals surface area (Å²) in [6.07, 6.45) is 2.10. The Bertz CT molecular complexity index is 334. The molecule has 0 aliphatic carbocycles. The second-order valence-corrected chi connectivity index (χ2v) is 6.47.